The van der Waals surface area contributed by atoms with E-state index in [9.17, 15) is 4.79 Å². The van der Waals surface area contributed by atoms with Gasteiger partial charge >= 0.3 is 5.97 Å². The van der Waals surface area contributed by atoms with Crippen molar-refractivity contribution in [1.82, 2.24) is 9.55 Å². The van der Waals surface area contributed by atoms with Crippen molar-refractivity contribution in [3.8, 4) is 0 Å². The molecule has 0 aliphatic rings. The second kappa shape index (κ2) is 5.48. The molecule has 0 saturated carbocycles. The van der Waals surface area contributed by atoms with Gasteiger partial charge < -0.3 is 9.67 Å². The monoisotopic (exact) mass is 292 g/mol. The molecule has 0 saturated heterocycles. The van der Waals surface area contributed by atoms with Crippen LogP contribution in [0.25, 0.3) is 11.0 Å². The maximum atomic E-state index is 11.1. The van der Waals surface area contributed by atoms with Gasteiger partial charge in [0, 0.05) is 17.7 Å². The molecule has 2 aromatic rings. The normalized spacial score (nSPS) is 12.0. The summed E-state index contributed by atoms with van der Waals surface area (Å²) < 4.78 is 2.15. The van der Waals surface area contributed by atoms with Crippen LogP contribution in [0.4, 0.5) is 0 Å². The topological polar surface area (TPSA) is 55.1 Å². The van der Waals surface area contributed by atoms with Crippen LogP contribution in [0.3, 0.4) is 0 Å². The highest BCUT2D eigenvalue weighted by Gasteiger charge is 2.23. The first-order valence-corrected chi connectivity index (χ1v) is 7.97. The lowest BCUT2D eigenvalue weighted by Gasteiger charge is -2.20. The molecule has 1 N–H and O–H groups in total. The molecule has 0 spiro atoms. The quantitative estimate of drug-likeness (QED) is 0.938. The van der Waals surface area contributed by atoms with Crippen LogP contribution in [0.5, 0.6) is 0 Å². The largest absolute Gasteiger partial charge is 0.478 e. The molecule has 0 bridgehead atoms. The standard InChI is InChI=1S/C15H20N2O2S/c1-15(2,3)14-16-11-6-5-10(13(18)19)9-12(11)17(14)7-8-20-4/h5-6,9H,7-8H2,1-4H3,(H,18,19). The molecule has 5 heteroatoms. The minimum absolute atomic E-state index is 0.0686. The predicted molar refractivity (Wildman–Crippen MR) is 83.8 cm³/mol. The SMILES string of the molecule is CSCCn1c(C(C)(C)C)nc2ccc(C(=O)O)cc21. The van der Waals surface area contributed by atoms with E-state index in [1.807, 2.05) is 0 Å². The average molecular weight is 292 g/mol. The van der Waals surface area contributed by atoms with Gasteiger partial charge in [-0.3, -0.25) is 0 Å². The molecule has 20 heavy (non-hydrogen) atoms. The van der Waals surface area contributed by atoms with Gasteiger partial charge in [0.25, 0.3) is 0 Å². The van der Waals surface area contributed by atoms with Gasteiger partial charge in [-0.2, -0.15) is 11.8 Å². The van der Waals surface area contributed by atoms with Crippen LogP contribution >= 0.6 is 11.8 Å². The fraction of sp³-hybridized carbons (Fsp3) is 0.467. The summed E-state index contributed by atoms with van der Waals surface area (Å²) in [6, 6.07) is 5.13. The van der Waals surface area contributed by atoms with Crippen molar-refractivity contribution < 1.29 is 9.90 Å². The zero-order valence-corrected chi connectivity index (χ0v) is 13.1. The van der Waals surface area contributed by atoms with Gasteiger partial charge in [0.15, 0.2) is 0 Å². The number of imidazole rings is 1. The number of rotatable bonds is 4. The Labute approximate surface area is 123 Å². The first-order chi connectivity index (χ1) is 9.34. The zero-order chi connectivity index (χ0) is 14.9. The fourth-order valence-electron chi connectivity index (χ4n) is 2.24. The van der Waals surface area contributed by atoms with Crippen LogP contribution in [-0.4, -0.2) is 32.6 Å². The van der Waals surface area contributed by atoms with Crippen molar-refractivity contribution >= 4 is 28.8 Å². The van der Waals surface area contributed by atoms with Gasteiger partial charge in [-0.15, -0.1) is 0 Å². The molecule has 2 rings (SSSR count). The second-order valence-corrected chi connectivity index (χ2v) is 6.82. The number of fused-ring (bicyclic) bond motifs is 1. The van der Waals surface area contributed by atoms with Crippen LogP contribution in [0.15, 0.2) is 18.2 Å². The van der Waals surface area contributed by atoms with Crippen molar-refractivity contribution in [2.45, 2.75) is 32.7 Å². The number of hydrogen-bond acceptors (Lipinski definition) is 3. The smallest absolute Gasteiger partial charge is 0.335 e. The zero-order valence-electron chi connectivity index (χ0n) is 12.3. The van der Waals surface area contributed by atoms with Crippen molar-refractivity contribution in [2.75, 3.05) is 12.0 Å². The van der Waals surface area contributed by atoms with Crippen LogP contribution in [-0.2, 0) is 12.0 Å². The maximum absolute atomic E-state index is 11.1. The molecule has 0 aliphatic heterocycles. The molecule has 0 unspecified atom stereocenters. The number of carbonyl (C=O) groups is 1. The number of aromatic nitrogens is 2. The van der Waals surface area contributed by atoms with Crippen LogP contribution in [0.1, 0.15) is 37.0 Å². The number of carboxylic acid groups (broad SMARTS) is 1. The molecule has 108 valence electrons. The summed E-state index contributed by atoms with van der Waals surface area (Å²) in [7, 11) is 0. The van der Waals surface area contributed by atoms with Crippen molar-refractivity contribution in [1.29, 1.82) is 0 Å². The molecule has 1 aromatic heterocycles. The van der Waals surface area contributed by atoms with E-state index in [0.717, 1.165) is 29.2 Å². The van der Waals surface area contributed by atoms with Crippen LogP contribution in [0, 0.1) is 0 Å². The van der Waals surface area contributed by atoms with Gasteiger partial charge in [0.2, 0.25) is 0 Å². The number of nitrogens with zero attached hydrogens (tertiary/aromatic N) is 2. The summed E-state index contributed by atoms with van der Waals surface area (Å²) in [5, 5.41) is 9.14. The number of benzene rings is 1. The molecule has 0 atom stereocenters. The summed E-state index contributed by atoms with van der Waals surface area (Å²) in [4.78, 5) is 15.8. The summed E-state index contributed by atoms with van der Waals surface area (Å²) in [5.74, 6) is 1.08. The molecule has 0 amide bonds. The molecule has 0 aliphatic carbocycles. The highest BCUT2D eigenvalue weighted by atomic mass is 32.2. The summed E-state index contributed by atoms with van der Waals surface area (Å²) in [6.07, 6.45) is 2.07. The third-order valence-electron chi connectivity index (χ3n) is 3.19. The number of carboxylic acids is 1. The van der Waals surface area contributed by atoms with Gasteiger partial charge in [0.1, 0.15) is 5.82 Å². The van der Waals surface area contributed by atoms with Gasteiger partial charge in [-0.1, -0.05) is 20.8 Å². The van der Waals surface area contributed by atoms with E-state index in [1.165, 1.54) is 0 Å². The van der Waals surface area contributed by atoms with Crippen molar-refractivity contribution in [3.63, 3.8) is 0 Å². The Morgan fingerprint density at radius 1 is 1.40 bits per heavy atom. The molecule has 0 radical (unpaired) electrons. The highest BCUT2D eigenvalue weighted by Crippen LogP contribution is 2.27. The van der Waals surface area contributed by atoms with Crippen molar-refractivity contribution in [3.05, 3.63) is 29.6 Å². The Bertz CT molecular complexity index is 641. The van der Waals surface area contributed by atoms with Crippen molar-refractivity contribution in [2.24, 2.45) is 0 Å². The fourth-order valence-corrected chi connectivity index (χ4v) is 2.60. The average Bonchev–Trinajstić information content (AvgIpc) is 2.73. The summed E-state index contributed by atoms with van der Waals surface area (Å²) in [6.45, 7) is 7.22. The van der Waals surface area contributed by atoms with E-state index in [2.05, 4.69) is 31.6 Å². The van der Waals surface area contributed by atoms with Crippen LogP contribution < -0.4 is 0 Å². The molecule has 1 heterocycles. The Morgan fingerprint density at radius 3 is 2.65 bits per heavy atom. The number of aryl methyl sites for hydroxylation is 1. The number of hydrogen-bond donors (Lipinski definition) is 1. The predicted octanol–water partition coefficient (Wildman–Crippen LogP) is 3.40. The van der Waals surface area contributed by atoms with E-state index in [4.69, 9.17) is 10.1 Å². The maximum Gasteiger partial charge on any atom is 0.335 e. The Balaban J connectivity index is 2.65. The molecular weight excluding hydrogens is 272 g/mol. The summed E-state index contributed by atoms with van der Waals surface area (Å²) >= 11 is 1.77. The second-order valence-electron chi connectivity index (χ2n) is 5.84. The molecule has 0 fully saturated rings. The lowest BCUT2D eigenvalue weighted by molar-refractivity contribution is 0.0697. The molecule has 4 nitrogen and oxygen atoms in total. The lowest BCUT2D eigenvalue weighted by Crippen LogP contribution is -2.19. The van der Waals surface area contributed by atoms with Crippen LogP contribution in [0.2, 0.25) is 0 Å². The Morgan fingerprint density at radius 2 is 2.10 bits per heavy atom. The highest BCUT2D eigenvalue weighted by molar-refractivity contribution is 7.98. The minimum atomic E-state index is -0.901. The van der Waals surface area contributed by atoms with E-state index in [1.54, 1.807) is 30.0 Å². The Hall–Kier alpha value is -1.49. The van der Waals surface area contributed by atoms with E-state index >= 15 is 0 Å². The van der Waals surface area contributed by atoms with E-state index in [-0.39, 0.29) is 5.41 Å². The molecule has 1 aromatic carbocycles. The Kier molecular flexibility index (Phi) is 4.09. The lowest BCUT2D eigenvalue weighted by atomic mass is 9.96. The van der Waals surface area contributed by atoms with Gasteiger partial charge in [-0.05, 0) is 24.5 Å². The van der Waals surface area contributed by atoms with E-state index < -0.39 is 5.97 Å². The van der Waals surface area contributed by atoms with E-state index in [0.29, 0.717) is 5.56 Å². The van der Waals surface area contributed by atoms with Gasteiger partial charge in [0.05, 0.1) is 16.6 Å². The third kappa shape index (κ3) is 2.82. The molecular formula is C15H20N2O2S. The third-order valence-corrected chi connectivity index (χ3v) is 3.78. The first kappa shape index (κ1) is 14.9. The first-order valence-electron chi connectivity index (χ1n) is 6.57. The van der Waals surface area contributed by atoms with Gasteiger partial charge in [-0.25, -0.2) is 9.78 Å². The summed E-state index contributed by atoms with van der Waals surface area (Å²) in [5.41, 5.74) is 2.01. The minimum Gasteiger partial charge on any atom is -0.478 e. The number of thioether (sulfide) groups is 1. The number of aromatic carboxylic acids is 1.